The molecule has 1 aliphatic heterocycles. The Balaban J connectivity index is 1.34. The van der Waals surface area contributed by atoms with Gasteiger partial charge in [0.15, 0.2) is 0 Å². The normalized spacial score (nSPS) is 14.3. The van der Waals surface area contributed by atoms with Crippen molar-refractivity contribution in [2.24, 2.45) is 11.7 Å². The standard InChI is InChI=1S/C23H24FN5O3/c24-17-7-5-16(6-8-17)23-27-21(32-28-23)10-9-20(30)26-18-3-1-2-4-19(18)29-13-11-15(12-14-29)22(25)31/h1-8,15H,9-14H2,(H2,25,31)(H,26,30). The zero-order valence-corrected chi connectivity index (χ0v) is 17.5. The van der Waals surface area contributed by atoms with Crippen molar-refractivity contribution in [1.82, 2.24) is 10.1 Å². The third kappa shape index (κ3) is 5.11. The van der Waals surface area contributed by atoms with Crippen LogP contribution in [-0.4, -0.2) is 35.0 Å². The van der Waals surface area contributed by atoms with Gasteiger partial charge in [0.05, 0.1) is 11.4 Å². The smallest absolute Gasteiger partial charge is 0.227 e. The Morgan fingerprint density at radius 1 is 1.12 bits per heavy atom. The Hall–Kier alpha value is -3.75. The average molecular weight is 437 g/mol. The molecule has 1 saturated heterocycles. The first-order chi connectivity index (χ1) is 15.5. The summed E-state index contributed by atoms with van der Waals surface area (Å²) < 4.78 is 18.3. The number of nitrogens with two attached hydrogens (primary N) is 1. The number of benzene rings is 2. The number of halogens is 1. The van der Waals surface area contributed by atoms with Crippen LogP contribution < -0.4 is 16.0 Å². The van der Waals surface area contributed by atoms with Gasteiger partial charge in [0.2, 0.25) is 23.5 Å². The SMILES string of the molecule is NC(=O)C1CCN(c2ccccc2NC(=O)CCc2nc(-c3ccc(F)cc3)no2)CC1. The van der Waals surface area contributed by atoms with Crippen LogP contribution in [0.5, 0.6) is 0 Å². The zero-order valence-electron chi connectivity index (χ0n) is 17.5. The largest absolute Gasteiger partial charge is 0.370 e. The molecule has 9 heteroatoms. The van der Waals surface area contributed by atoms with Crippen molar-refractivity contribution in [2.45, 2.75) is 25.7 Å². The second-order valence-corrected chi connectivity index (χ2v) is 7.75. The molecule has 0 saturated carbocycles. The summed E-state index contributed by atoms with van der Waals surface area (Å²) in [7, 11) is 0. The van der Waals surface area contributed by atoms with Crippen LogP contribution in [0.25, 0.3) is 11.4 Å². The molecule has 0 aliphatic carbocycles. The third-order valence-electron chi connectivity index (χ3n) is 5.55. The van der Waals surface area contributed by atoms with Crippen LogP contribution in [0.15, 0.2) is 53.1 Å². The molecular formula is C23H24FN5O3. The van der Waals surface area contributed by atoms with Gasteiger partial charge in [-0.2, -0.15) is 4.98 Å². The number of piperidine rings is 1. The second kappa shape index (κ2) is 9.59. The van der Waals surface area contributed by atoms with E-state index in [0.29, 0.717) is 48.9 Å². The minimum absolute atomic E-state index is 0.0952. The fourth-order valence-electron chi connectivity index (χ4n) is 3.77. The molecule has 8 nitrogen and oxygen atoms in total. The molecule has 166 valence electrons. The van der Waals surface area contributed by atoms with Gasteiger partial charge < -0.3 is 20.5 Å². The Morgan fingerprint density at radius 3 is 2.56 bits per heavy atom. The highest BCUT2D eigenvalue weighted by Gasteiger charge is 2.24. The number of hydrogen-bond acceptors (Lipinski definition) is 6. The Morgan fingerprint density at radius 2 is 1.84 bits per heavy atom. The quantitative estimate of drug-likeness (QED) is 0.587. The monoisotopic (exact) mass is 437 g/mol. The van der Waals surface area contributed by atoms with Gasteiger partial charge in [-0.1, -0.05) is 17.3 Å². The molecule has 3 aromatic rings. The summed E-state index contributed by atoms with van der Waals surface area (Å²) in [5.41, 5.74) is 7.69. The van der Waals surface area contributed by atoms with E-state index in [1.54, 1.807) is 12.1 Å². The number of rotatable bonds is 7. The summed E-state index contributed by atoms with van der Waals surface area (Å²) >= 11 is 0. The maximum absolute atomic E-state index is 13.1. The summed E-state index contributed by atoms with van der Waals surface area (Å²) in [5.74, 6) is -0.180. The molecule has 0 radical (unpaired) electrons. The number of nitrogens with zero attached hydrogens (tertiary/aromatic N) is 3. The molecule has 2 amide bonds. The molecular weight excluding hydrogens is 413 g/mol. The van der Waals surface area contributed by atoms with E-state index in [-0.39, 0.29) is 36.4 Å². The first-order valence-corrected chi connectivity index (χ1v) is 10.5. The summed E-state index contributed by atoms with van der Waals surface area (Å²) in [4.78, 5) is 30.4. The first kappa shape index (κ1) is 21.5. The fraction of sp³-hybridized carbons (Fsp3) is 0.304. The van der Waals surface area contributed by atoms with E-state index in [4.69, 9.17) is 10.3 Å². The van der Waals surface area contributed by atoms with E-state index in [2.05, 4.69) is 20.4 Å². The maximum Gasteiger partial charge on any atom is 0.227 e. The number of aromatic nitrogens is 2. The number of anilines is 2. The highest BCUT2D eigenvalue weighted by atomic mass is 19.1. The van der Waals surface area contributed by atoms with E-state index in [0.717, 1.165) is 5.69 Å². The van der Waals surface area contributed by atoms with E-state index in [1.807, 2.05) is 24.3 Å². The van der Waals surface area contributed by atoms with Crippen molar-refractivity contribution < 1.29 is 18.5 Å². The molecule has 1 fully saturated rings. The van der Waals surface area contributed by atoms with Crippen LogP contribution in [0.2, 0.25) is 0 Å². The van der Waals surface area contributed by atoms with Crippen LogP contribution in [0, 0.1) is 11.7 Å². The number of nitrogens with one attached hydrogen (secondary N) is 1. The van der Waals surface area contributed by atoms with E-state index >= 15 is 0 Å². The van der Waals surface area contributed by atoms with Crippen LogP contribution in [0.1, 0.15) is 25.2 Å². The van der Waals surface area contributed by atoms with Gasteiger partial charge in [0.1, 0.15) is 5.82 Å². The van der Waals surface area contributed by atoms with Gasteiger partial charge in [-0.25, -0.2) is 4.39 Å². The number of primary amides is 1. The fourth-order valence-corrected chi connectivity index (χ4v) is 3.77. The van der Waals surface area contributed by atoms with Crippen LogP contribution in [0.3, 0.4) is 0 Å². The Labute approximate surface area is 184 Å². The highest BCUT2D eigenvalue weighted by molar-refractivity contribution is 5.94. The molecule has 2 heterocycles. The Kier molecular flexibility index (Phi) is 6.44. The maximum atomic E-state index is 13.1. The topological polar surface area (TPSA) is 114 Å². The van der Waals surface area contributed by atoms with Gasteiger partial charge in [0, 0.05) is 37.4 Å². The zero-order chi connectivity index (χ0) is 22.5. The van der Waals surface area contributed by atoms with Crippen molar-refractivity contribution in [3.05, 3.63) is 60.2 Å². The number of carbonyl (C=O) groups excluding carboxylic acids is 2. The van der Waals surface area contributed by atoms with Crippen molar-refractivity contribution in [3.8, 4) is 11.4 Å². The molecule has 1 aliphatic rings. The van der Waals surface area contributed by atoms with Crippen molar-refractivity contribution in [3.63, 3.8) is 0 Å². The van der Waals surface area contributed by atoms with Gasteiger partial charge in [-0.15, -0.1) is 0 Å². The predicted octanol–water partition coefficient (Wildman–Crippen LogP) is 3.15. The van der Waals surface area contributed by atoms with Crippen LogP contribution >= 0.6 is 0 Å². The first-order valence-electron chi connectivity index (χ1n) is 10.5. The van der Waals surface area contributed by atoms with Gasteiger partial charge in [-0.3, -0.25) is 9.59 Å². The van der Waals surface area contributed by atoms with Gasteiger partial charge in [-0.05, 0) is 49.2 Å². The molecule has 3 N–H and O–H groups in total. The minimum Gasteiger partial charge on any atom is -0.370 e. The lowest BCUT2D eigenvalue weighted by Crippen LogP contribution is -2.38. The van der Waals surface area contributed by atoms with Crippen molar-refractivity contribution >= 4 is 23.2 Å². The minimum atomic E-state index is -0.341. The summed E-state index contributed by atoms with van der Waals surface area (Å²) in [6, 6.07) is 13.4. The van der Waals surface area contributed by atoms with Gasteiger partial charge >= 0.3 is 0 Å². The number of carbonyl (C=O) groups is 2. The van der Waals surface area contributed by atoms with Crippen LogP contribution in [-0.2, 0) is 16.0 Å². The van der Waals surface area contributed by atoms with E-state index < -0.39 is 0 Å². The van der Waals surface area contributed by atoms with E-state index in [1.165, 1.54) is 12.1 Å². The summed E-state index contributed by atoms with van der Waals surface area (Å²) in [6.07, 6.45) is 1.85. The number of hydrogen-bond donors (Lipinski definition) is 2. The highest BCUT2D eigenvalue weighted by Crippen LogP contribution is 2.30. The number of aryl methyl sites for hydroxylation is 1. The molecule has 4 rings (SSSR count). The van der Waals surface area contributed by atoms with Crippen molar-refractivity contribution in [2.75, 3.05) is 23.3 Å². The van der Waals surface area contributed by atoms with Gasteiger partial charge in [0.25, 0.3) is 0 Å². The van der Waals surface area contributed by atoms with Crippen LogP contribution in [0.4, 0.5) is 15.8 Å². The number of para-hydroxylation sites is 2. The summed E-state index contributed by atoms with van der Waals surface area (Å²) in [6.45, 7) is 1.41. The third-order valence-corrected chi connectivity index (χ3v) is 5.55. The predicted molar refractivity (Wildman–Crippen MR) is 117 cm³/mol. The molecule has 0 unspecified atom stereocenters. The summed E-state index contributed by atoms with van der Waals surface area (Å²) in [5, 5.41) is 6.84. The lowest BCUT2D eigenvalue weighted by molar-refractivity contribution is -0.122. The molecule has 0 atom stereocenters. The van der Waals surface area contributed by atoms with E-state index in [9.17, 15) is 14.0 Å². The Bertz CT molecular complexity index is 1090. The molecule has 2 aromatic carbocycles. The molecule has 0 bridgehead atoms. The molecule has 32 heavy (non-hydrogen) atoms. The number of amides is 2. The lowest BCUT2D eigenvalue weighted by Gasteiger charge is -2.33. The molecule has 1 aromatic heterocycles. The lowest BCUT2D eigenvalue weighted by atomic mass is 9.96. The molecule has 0 spiro atoms. The second-order valence-electron chi connectivity index (χ2n) is 7.75. The average Bonchev–Trinajstić information content (AvgIpc) is 3.28. The van der Waals surface area contributed by atoms with Crippen molar-refractivity contribution in [1.29, 1.82) is 0 Å².